The van der Waals surface area contributed by atoms with E-state index in [0.29, 0.717) is 0 Å². The number of rotatable bonds is 4. The third kappa shape index (κ3) is 4.37. The summed E-state index contributed by atoms with van der Waals surface area (Å²) in [6.45, 7) is 1.42. The first kappa shape index (κ1) is 17.1. The zero-order chi connectivity index (χ0) is 17.0. The van der Waals surface area contributed by atoms with Gasteiger partial charge in [0.25, 0.3) is 5.91 Å². The minimum Gasteiger partial charge on any atom is -0.508 e. The molecule has 23 heavy (non-hydrogen) atoms. The summed E-state index contributed by atoms with van der Waals surface area (Å²) in [6, 6.07) is 10.4. The number of aromatic hydroxyl groups is 1. The van der Waals surface area contributed by atoms with Crippen LogP contribution in [0.1, 0.15) is 17.3 Å². The Labute approximate surface area is 142 Å². The molecule has 0 saturated carbocycles. The van der Waals surface area contributed by atoms with Crippen molar-refractivity contribution in [3.05, 3.63) is 58.1 Å². The molecule has 120 valence electrons. The third-order valence-electron chi connectivity index (χ3n) is 2.95. The van der Waals surface area contributed by atoms with E-state index in [4.69, 9.17) is 27.9 Å². The summed E-state index contributed by atoms with van der Waals surface area (Å²) in [6.07, 6.45) is -1.07. The van der Waals surface area contributed by atoms with Crippen molar-refractivity contribution in [2.75, 3.05) is 5.32 Å². The lowest BCUT2D eigenvalue weighted by Crippen LogP contribution is -2.30. The van der Waals surface area contributed by atoms with Gasteiger partial charge in [0.05, 0.1) is 21.3 Å². The second-order valence-corrected chi connectivity index (χ2v) is 5.50. The molecule has 0 aromatic heterocycles. The van der Waals surface area contributed by atoms with Gasteiger partial charge in [0.1, 0.15) is 5.75 Å². The SMILES string of the molecule is CC(OC(=O)c1cccc(O)c1)C(=O)Nc1c(Cl)cccc1Cl. The normalized spacial score (nSPS) is 11.6. The highest BCUT2D eigenvalue weighted by Gasteiger charge is 2.20. The lowest BCUT2D eigenvalue weighted by atomic mass is 10.2. The monoisotopic (exact) mass is 353 g/mol. The van der Waals surface area contributed by atoms with Crippen molar-refractivity contribution in [3.63, 3.8) is 0 Å². The van der Waals surface area contributed by atoms with Crippen LogP contribution in [0.4, 0.5) is 5.69 Å². The van der Waals surface area contributed by atoms with Gasteiger partial charge in [-0.05, 0) is 37.3 Å². The third-order valence-corrected chi connectivity index (χ3v) is 3.58. The second-order valence-electron chi connectivity index (χ2n) is 4.68. The van der Waals surface area contributed by atoms with E-state index in [1.54, 1.807) is 18.2 Å². The molecule has 2 N–H and O–H groups in total. The van der Waals surface area contributed by atoms with Crippen molar-refractivity contribution in [1.82, 2.24) is 0 Å². The van der Waals surface area contributed by atoms with Crippen LogP contribution < -0.4 is 5.32 Å². The van der Waals surface area contributed by atoms with Crippen LogP contribution >= 0.6 is 23.2 Å². The molecule has 1 amide bonds. The summed E-state index contributed by atoms with van der Waals surface area (Å²) >= 11 is 11.9. The van der Waals surface area contributed by atoms with E-state index in [1.807, 2.05) is 0 Å². The van der Waals surface area contributed by atoms with Crippen LogP contribution in [0.25, 0.3) is 0 Å². The van der Waals surface area contributed by atoms with E-state index < -0.39 is 18.0 Å². The predicted octanol–water partition coefficient (Wildman–Crippen LogP) is 3.88. The molecule has 2 rings (SSSR count). The van der Waals surface area contributed by atoms with Crippen LogP contribution in [0.2, 0.25) is 10.0 Å². The van der Waals surface area contributed by atoms with Crippen LogP contribution in [0.5, 0.6) is 5.75 Å². The Morgan fingerprint density at radius 2 is 1.74 bits per heavy atom. The van der Waals surface area contributed by atoms with E-state index >= 15 is 0 Å². The smallest absolute Gasteiger partial charge is 0.339 e. The Bertz CT molecular complexity index is 728. The van der Waals surface area contributed by atoms with Crippen molar-refractivity contribution in [2.45, 2.75) is 13.0 Å². The molecule has 2 aromatic carbocycles. The van der Waals surface area contributed by atoms with Gasteiger partial charge in [-0.1, -0.05) is 35.3 Å². The van der Waals surface area contributed by atoms with E-state index in [2.05, 4.69) is 5.32 Å². The van der Waals surface area contributed by atoms with E-state index in [1.165, 1.54) is 31.2 Å². The molecule has 7 heteroatoms. The molecular weight excluding hydrogens is 341 g/mol. The molecule has 0 bridgehead atoms. The molecule has 1 unspecified atom stereocenters. The standard InChI is InChI=1S/C16H13Cl2NO4/c1-9(23-16(22)10-4-2-5-11(20)8-10)15(21)19-14-12(17)6-3-7-13(14)18/h2-9,20H,1H3,(H,19,21). The average Bonchev–Trinajstić information content (AvgIpc) is 2.50. The fourth-order valence-corrected chi connectivity index (χ4v) is 2.25. The number of ether oxygens (including phenoxy) is 1. The number of phenolic OH excluding ortho intramolecular Hbond substituents is 1. The van der Waals surface area contributed by atoms with E-state index in [-0.39, 0.29) is 27.0 Å². The van der Waals surface area contributed by atoms with Crippen LogP contribution in [-0.2, 0) is 9.53 Å². The van der Waals surface area contributed by atoms with Crippen LogP contribution in [0.3, 0.4) is 0 Å². The fraction of sp³-hybridized carbons (Fsp3) is 0.125. The van der Waals surface area contributed by atoms with Crippen molar-refractivity contribution < 1.29 is 19.4 Å². The number of benzene rings is 2. The summed E-state index contributed by atoms with van der Waals surface area (Å²) in [7, 11) is 0. The summed E-state index contributed by atoms with van der Waals surface area (Å²) in [5, 5.41) is 12.4. The van der Waals surface area contributed by atoms with Gasteiger partial charge < -0.3 is 15.2 Å². The van der Waals surface area contributed by atoms with Crippen LogP contribution in [0.15, 0.2) is 42.5 Å². The van der Waals surface area contributed by atoms with Gasteiger partial charge in [-0.3, -0.25) is 4.79 Å². The number of halogens is 2. The Morgan fingerprint density at radius 3 is 2.35 bits per heavy atom. The van der Waals surface area contributed by atoms with Gasteiger partial charge in [-0.15, -0.1) is 0 Å². The van der Waals surface area contributed by atoms with Crippen LogP contribution in [-0.4, -0.2) is 23.1 Å². The largest absolute Gasteiger partial charge is 0.508 e. The molecule has 0 spiro atoms. The zero-order valence-electron chi connectivity index (χ0n) is 12.0. The summed E-state index contributed by atoms with van der Waals surface area (Å²) < 4.78 is 5.06. The molecular formula is C16H13Cl2NO4. The highest BCUT2D eigenvalue weighted by atomic mass is 35.5. The molecule has 1 atom stereocenters. The van der Waals surface area contributed by atoms with Crippen molar-refractivity contribution in [1.29, 1.82) is 0 Å². The summed E-state index contributed by atoms with van der Waals surface area (Å²) in [5.74, 6) is -1.37. The highest BCUT2D eigenvalue weighted by molar-refractivity contribution is 6.39. The Morgan fingerprint density at radius 1 is 1.13 bits per heavy atom. The Balaban J connectivity index is 2.04. The number of esters is 1. The minimum absolute atomic E-state index is 0.0700. The van der Waals surface area contributed by atoms with Crippen molar-refractivity contribution >= 4 is 40.8 Å². The molecule has 0 radical (unpaired) electrons. The van der Waals surface area contributed by atoms with E-state index in [0.717, 1.165) is 0 Å². The zero-order valence-corrected chi connectivity index (χ0v) is 13.6. The number of anilines is 1. The number of phenols is 1. The number of para-hydroxylation sites is 1. The van der Waals surface area contributed by atoms with Gasteiger partial charge in [-0.2, -0.15) is 0 Å². The summed E-state index contributed by atoms with van der Waals surface area (Å²) in [4.78, 5) is 24.0. The number of hydrogen-bond donors (Lipinski definition) is 2. The van der Waals surface area contributed by atoms with Gasteiger partial charge in [0.15, 0.2) is 6.10 Å². The average molecular weight is 354 g/mol. The molecule has 0 aliphatic carbocycles. The predicted molar refractivity (Wildman–Crippen MR) is 88.1 cm³/mol. The second kappa shape index (κ2) is 7.35. The van der Waals surface area contributed by atoms with Gasteiger partial charge in [-0.25, -0.2) is 4.79 Å². The molecule has 5 nitrogen and oxygen atoms in total. The fourth-order valence-electron chi connectivity index (χ4n) is 1.76. The van der Waals surface area contributed by atoms with Crippen LogP contribution in [0, 0.1) is 0 Å². The first-order chi connectivity index (χ1) is 10.9. The first-order valence-electron chi connectivity index (χ1n) is 6.63. The summed E-state index contributed by atoms with van der Waals surface area (Å²) in [5.41, 5.74) is 0.390. The molecule has 0 fully saturated rings. The van der Waals surface area contributed by atoms with Gasteiger partial charge in [0, 0.05) is 0 Å². The molecule has 0 aliphatic heterocycles. The highest BCUT2D eigenvalue weighted by Crippen LogP contribution is 2.30. The first-order valence-corrected chi connectivity index (χ1v) is 7.39. The van der Waals surface area contributed by atoms with Gasteiger partial charge in [0.2, 0.25) is 0 Å². The maximum absolute atomic E-state index is 12.1. The van der Waals surface area contributed by atoms with E-state index in [9.17, 15) is 14.7 Å². The number of hydrogen-bond acceptors (Lipinski definition) is 4. The topological polar surface area (TPSA) is 75.6 Å². The molecule has 0 aliphatic rings. The van der Waals surface area contributed by atoms with Crippen molar-refractivity contribution in [3.8, 4) is 5.75 Å². The maximum Gasteiger partial charge on any atom is 0.339 e. The minimum atomic E-state index is -1.07. The lowest BCUT2D eigenvalue weighted by molar-refractivity contribution is -0.123. The van der Waals surface area contributed by atoms with Crippen molar-refractivity contribution in [2.24, 2.45) is 0 Å². The quantitative estimate of drug-likeness (QED) is 0.817. The number of carbonyl (C=O) groups excluding carboxylic acids is 2. The van der Waals surface area contributed by atoms with Gasteiger partial charge >= 0.3 is 5.97 Å². The maximum atomic E-state index is 12.1. The number of carbonyl (C=O) groups is 2. The Kier molecular flexibility index (Phi) is 5.47. The molecule has 0 heterocycles. The molecule has 2 aromatic rings. The Hall–Kier alpha value is -2.24. The number of amides is 1. The number of nitrogens with one attached hydrogen (secondary N) is 1. The molecule has 0 saturated heterocycles. The lowest BCUT2D eigenvalue weighted by Gasteiger charge is -2.15.